The van der Waals surface area contributed by atoms with Crippen molar-refractivity contribution in [3.63, 3.8) is 0 Å². The summed E-state index contributed by atoms with van der Waals surface area (Å²) in [6, 6.07) is 19.3. The molecule has 0 saturated heterocycles. The van der Waals surface area contributed by atoms with Crippen LogP contribution in [0.2, 0.25) is 0 Å². The Labute approximate surface area is 202 Å². The number of methoxy groups -OCH3 is 1. The molecule has 9 heteroatoms. The number of fused-ring (bicyclic) bond motifs is 3. The molecule has 3 heterocycles. The number of rotatable bonds is 6. The van der Waals surface area contributed by atoms with Gasteiger partial charge in [0.1, 0.15) is 11.7 Å². The van der Waals surface area contributed by atoms with Crippen molar-refractivity contribution in [3.05, 3.63) is 83.4 Å². The molecule has 1 atom stereocenters. The third-order valence-corrected chi connectivity index (χ3v) is 5.93. The Balaban J connectivity index is 1.75. The first kappa shape index (κ1) is 22.7. The Morgan fingerprint density at radius 3 is 2.57 bits per heavy atom. The number of esters is 1. The number of para-hydroxylation sites is 1. The van der Waals surface area contributed by atoms with Gasteiger partial charge in [0.25, 0.3) is 0 Å². The van der Waals surface area contributed by atoms with Gasteiger partial charge in [0.2, 0.25) is 0 Å². The number of nitrogens with one attached hydrogen (secondary N) is 2. The van der Waals surface area contributed by atoms with Crippen LogP contribution in [0.3, 0.4) is 0 Å². The molecule has 5 rings (SSSR count). The number of aromatic nitrogens is 6. The van der Waals surface area contributed by atoms with Gasteiger partial charge in [-0.3, -0.25) is 5.32 Å². The van der Waals surface area contributed by atoms with E-state index in [4.69, 9.17) is 9.72 Å². The third-order valence-electron chi connectivity index (χ3n) is 5.93. The third kappa shape index (κ3) is 4.26. The van der Waals surface area contributed by atoms with Gasteiger partial charge in [-0.15, -0.1) is 5.10 Å². The largest absolute Gasteiger partial charge is 0.464 e. The maximum Gasteiger partial charge on any atom is 0.356 e. The van der Waals surface area contributed by atoms with E-state index in [-0.39, 0.29) is 11.2 Å². The molecule has 0 spiro atoms. The van der Waals surface area contributed by atoms with Crippen LogP contribution in [0.4, 0.5) is 0 Å². The number of carbonyl (C=O) groups excluding carboxylic acids is 1. The van der Waals surface area contributed by atoms with Crippen LogP contribution < -0.4 is 5.32 Å². The average Bonchev–Trinajstić information content (AvgIpc) is 3.49. The van der Waals surface area contributed by atoms with Crippen molar-refractivity contribution >= 4 is 27.8 Å². The highest BCUT2D eigenvalue weighted by Crippen LogP contribution is 2.33. The van der Waals surface area contributed by atoms with Crippen LogP contribution in [0.5, 0.6) is 0 Å². The standard InChI is InChI=1S/C26H27N7O2/c1-26(2,3)33-24(30-31-32-33)23(27-15-16-10-6-5-7-11-16)22-21-18(14-20(29-22)25(34)35-4)17-12-8-9-13-19(17)28-21/h5-14,23,27-28H,15H2,1-4H3. The second-order valence-electron chi connectivity index (χ2n) is 9.40. The summed E-state index contributed by atoms with van der Waals surface area (Å²) in [5.41, 5.74) is 3.34. The Bertz CT molecular complexity index is 1500. The average molecular weight is 470 g/mol. The van der Waals surface area contributed by atoms with Crippen LogP contribution >= 0.6 is 0 Å². The summed E-state index contributed by atoms with van der Waals surface area (Å²) in [6.07, 6.45) is 0. The molecule has 3 aromatic heterocycles. The lowest BCUT2D eigenvalue weighted by atomic mass is 10.0. The van der Waals surface area contributed by atoms with Crippen molar-refractivity contribution in [2.24, 2.45) is 0 Å². The zero-order valence-corrected chi connectivity index (χ0v) is 20.1. The van der Waals surface area contributed by atoms with Crippen LogP contribution in [0.1, 0.15) is 54.4 Å². The number of hydrogen-bond donors (Lipinski definition) is 2. The fraction of sp³-hybridized carbons (Fsp3) is 0.269. The molecule has 0 aliphatic heterocycles. The fourth-order valence-electron chi connectivity index (χ4n) is 4.27. The lowest BCUT2D eigenvalue weighted by Gasteiger charge is -2.25. The summed E-state index contributed by atoms with van der Waals surface area (Å²) in [5.74, 6) is 0.0959. The van der Waals surface area contributed by atoms with Crippen molar-refractivity contribution in [3.8, 4) is 0 Å². The predicted octanol–water partition coefficient (Wildman–Crippen LogP) is 4.12. The van der Waals surface area contributed by atoms with Gasteiger partial charge in [-0.25, -0.2) is 14.5 Å². The van der Waals surface area contributed by atoms with Crippen LogP contribution in [0.25, 0.3) is 21.8 Å². The molecule has 2 N–H and O–H groups in total. The highest BCUT2D eigenvalue weighted by atomic mass is 16.5. The van der Waals surface area contributed by atoms with Crippen LogP contribution in [-0.4, -0.2) is 43.3 Å². The molecule has 0 bridgehead atoms. The maximum absolute atomic E-state index is 12.6. The van der Waals surface area contributed by atoms with Gasteiger partial charge < -0.3 is 9.72 Å². The SMILES string of the molecule is COC(=O)c1cc2c([nH]c3ccccc32)c(C(NCc2ccccc2)c2nnnn2C(C)(C)C)n1. The Morgan fingerprint density at radius 2 is 1.83 bits per heavy atom. The summed E-state index contributed by atoms with van der Waals surface area (Å²) >= 11 is 0. The molecular formula is C26H27N7O2. The smallest absolute Gasteiger partial charge is 0.356 e. The van der Waals surface area contributed by atoms with Gasteiger partial charge >= 0.3 is 5.97 Å². The first-order valence-corrected chi connectivity index (χ1v) is 11.4. The van der Waals surface area contributed by atoms with E-state index in [0.29, 0.717) is 18.1 Å². The number of ether oxygens (including phenoxy) is 1. The molecule has 35 heavy (non-hydrogen) atoms. The Kier molecular flexibility index (Phi) is 5.78. The molecule has 0 fully saturated rings. The minimum Gasteiger partial charge on any atom is -0.464 e. The van der Waals surface area contributed by atoms with Gasteiger partial charge in [0.15, 0.2) is 5.82 Å². The summed E-state index contributed by atoms with van der Waals surface area (Å²) in [6.45, 7) is 6.67. The highest BCUT2D eigenvalue weighted by molar-refractivity contribution is 6.09. The number of aromatic amines is 1. The van der Waals surface area contributed by atoms with E-state index in [9.17, 15) is 4.79 Å². The number of benzene rings is 2. The number of carbonyl (C=O) groups is 1. The molecule has 1 unspecified atom stereocenters. The van der Waals surface area contributed by atoms with Crippen LogP contribution in [-0.2, 0) is 16.8 Å². The molecule has 0 aliphatic carbocycles. The van der Waals surface area contributed by atoms with E-state index < -0.39 is 12.0 Å². The van der Waals surface area contributed by atoms with Gasteiger partial charge in [-0.2, -0.15) is 0 Å². The molecule has 0 aliphatic rings. The van der Waals surface area contributed by atoms with E-state index in [0.717, 1.165) is 27.4 Å². The van der Waals surface area contributed by atoms with Gasteiger partial charge in [0, 0.05) is 22.8 Å². The molecular weight excluding hydrogens is 442 g/mol. The molecule has 9 nitrogen and oxygen atoms in total. The molecule has 178 valence electrons. The number of hydrogen-bond acceptors (Lipinski definition) is 7. The second kappa shape index (κ2) is 8.92. The van der Waals surface area contributed by atoms with Crippen molar-refractivity contribution in [1.82, 2.24) is 35.5 Å². The Hall–Kier alpha value is -4.11. The van der Waals surface area contributed by atoms with Crippen molar-refractivity contribution in [1.29, 1.82) is 0 Å². The monoisotopic (exact) mass is 469 g/mol. The normalized spacial score (nSPS) is 12.8. The first-order valence-electron chi connectivity index (χ1n) is 11.4. The number of nitrogens with zero attached hydrogens (tertiary/aromatic N) is 5. The zero-order valence-electron chi connectivity index (χ0n) is 20.1. The summed E-state index contributed by atoms with van der Waals surface area (Å²) in [5, 5.41) is 18.1. The molecule has 2 aromatic carbocycles. The van der Waals surface area contributed by atoms with E-state index >= 15 is 0 Å². The Morgan fingerprint density at radius 1 is 1.09 bits per heavy atom. The van der Waals surface area contributed by atoms with E-state index in [1.165, 1.54) is 7.11 Å². The highest BCUT2D eigenvalue weighted by Gasteiger charge is 2.30. The predicted molar refractivity (Wildman–Crippen MR) is 133 cm³/mol. The number of tetrazole rings is 1. The van der Waals surface area contributed by atoms with Crippen molar-refractivity contribution in [2.45, 2.75) is 38.9 Å². The second-order valence-corrected chi connectivity index (χ2v) is 9.40. The molecule has 0 saturated carbocycles. The minimum atomic E-state index is -0.510. The maximum atomic E-state index is 12.6. The fourth-order valence-corrected chi connectivity index (χ4v) is 4.27. The molecule has 0 amide bonds. The number of pyridine rings is 1. The summed E-state index contributed by atoms with van der Waals surface area (Å²) in [7, 11) is 1.36. The first-order chi connectivity index (χ1) is 16.9. The summed E-state index contributed by atoms with van der Waals surface area (Å²) < 4.78 is 6.82. The topological polar surface area (TPSA) is 111 Å². The van der Waals surface area contributed by atoms with Crippen molar-refractivity contribution < 1.29 is 9.53 Å². The zero-order chi connectivity index (χ0) is 24.6. The van der Waals surface area contributed by atoms with Gasteiger partial charge in [0.05, 0.1) is 23.9 Å². The lowest BCUT2D eigenvalue weighted by molar-refractivity contribution is 0.0594. The van der Waals surface area contributed by atoms with E-state index in [2.05, 4.69) is 25.8 Å². The van der Waals surface area contributed by atoms with Crippen LogP contribution in [0.15, 0.2) is 60.7 Å². The van der Waals surface area contributed by atoms with Gasteiger partial charge in [-0.1, -0.05) is 48.5 Å². The minimum absolute atomic E-state index is 0.223. The van der Waals surface area contributed by atoms with Crippen LogP contribution in [0, 0.1) is 0 Å². The molecule has 0 radical (unpaired) electrons. The quantitative estimate of drug-likeness (QED) is 0.360. The van der Waals surface area contributed by atoms with Crippen molar-refractivity contribution in [2.75, 3.05) is 7.11 Å². The number of H-pyrrole nitrogens is 1. The van der Waals surface area contributed by atoms with E-state index in [1.807, 2.05) is 75.4 Å². The molecule has 5 aromatic rings. The van der Waals surface area contributed by atoms with E-state index in [1.54, 1.807) is 10.7 Å². The summed E-state index contributed by atoms with van der Waals surface area (Å²) in [4.78, 5) is 20.9. The lowest BCUT2D eigenvalue weighted by Crippen LogP contribution is -2.32. The van der Waals surface area contributed by atoms with Gasteiger partial charge in [-0.05, 0) is 48.9 Å².